The Hall–Kier alpha value is -3.13. The molecule has 27 heavy (non-hydrogen) atoms. The van der Waals surface area contributed by atoms with Crippen molar-refractivity contribution in [1.29, 1.82) is 0 Å². The molecule has 0 saturated heterocycles. The molecule has 3 rings (SSSR count). The fourth-order valence-corrected chi connectivity index (χ4v) is 3.20. The minimum Gasteiger partial charge on any atom is -0.452 e. The van der Waals surface area contributed by atoms with E-state index in [0.717, 1.165) is 24.5 Å². The molecule has 0 atom stereocenters. The molecule has 0 amide bonds. The van der Waals surface area contributed by atoms with Gasteiger partial charge in [-0.15, -0.1) is 0 Å². The van der Waals surface area contributed by atoms with Gasteiger partial charge in [0.25, 0.3) is 0 Å². The van der Waals surface area contributed by atoms with Crippen molar-refractivity contribution in [3.8, 4) is 22.5 Å². The normalized spacial score (nSPS) is 11.4. The monoisotopic (exact) mass is 390 g/mol. The van der Waals surface area contributed by atoms with Crippen LogP contribution in [0.3, 0.4) is 0 Å². The van der Waals surface area contributed by atoms with Crippen molar-refractivity contribution in [2.24, 2.45) is 0 Å². The van der Waals surface area contributed by atoms with Crippen LogP contribution in [0.5, 0.6) is 0 Å². The molecule has 0 aliphatic heterocycles. The number of sulfone groups is 1. The van der Waals surface area contributed by atoms with Crippen LogP contribution in [0, 0.1) is 11.6 Å². The Kier molecular flexibility index (Phi) is 4.75. The number of rotatable bonds is 4. The van der Waals surface area contributed by atoms with Crippen LogP contribution in [0.25, 0.3) is 22.5 Å². The third kappa shape index (κ3) is 3.70. The first kappa shape index (κ1) is 18.7. The third-order valence-corrected chi connectivity index (χ3v) is 4.96. The molecule has 0 unspecified atom stereocenters. The van der Waals surface area contributed by atoms with Crippen LogP contribution in [0.1, 0.15) is 10.6 Å². The van der Waals surface area contributed by atoms with Crippen molar-refractivity contribution >= 4 is 16.1 Å². The second-order valence-corrected chi connectivity index (χ2v) is 7.77. The van der Waals surface area contributed by atoms with Crippen LogP contribution in [0.15, 0.2) is 62.6 Å². The predicted octanol–water partition coefficient (Wildman–Crippen LogP) is 3.47. The highest BCUT2D eigenvalue weighted by molar-refractivity contribution is 7.90. The summed E-state index contributed by atoms with van der Waals surface area (Å²) in [4.78, 5) is 23.6. The van der Waals surface area contributed by atoms with E-state index in [0.29, 0.717) is 12.4 Å². The number of carbonyl (C=O) groups is 1. The zero-order valence-corrected chi connectivity index (χ0v) is 14.7. The van der Waals surface area contributed by atoms with Gasteiger partial charge in [0.15, 0.2) is 27.3 Å². The van der Waals surface area contributed by atoms with Crippen LogP contribution in [0.2, 0.25) is 0 Å². The van der Waals surface area contributed by atoms with Crippen molar-refractivity contribution in [3.63, 3.8) is 0 Å². The molecule has 2 aromatic carbocycles. The van der Waals surface area contributed by atoms with Gasteiger partial charge in [0, 0.05) is 29.5 Å². The first-order valence-corrected chi connectivity index (χ1v) is 9.49. The summed E-state index contributed by atoms with van der Waals surface area (Å²) in [6.07, 6.45) is 1.36. The van der Waals surface area contributed by atoms with Gasteiger partial charge in [-0.1, -0.05) is 0 Å². The molecule has 1 aromatic heterocycles. The standard InChI is InChI=1S/C19H12F2O5S/c1-27(24,25)14-5-2-11(3-6-14)19-18(17(23)9-13(10-22)26-19)15-7-4-12(20)8-16(15)21/h2-10H,1H3. The fraction of sp³-hybridized carbons (Fsp3) is 0.0526. The van der Waals surface area contributed by atoms with Crippen molar-refractivity contribution in [2.45, 2.75) is 4.90 Å². The van der Waals surface area contributed by atoms with Gasteiger partial charge in [0.2, 0.25) is 0 Å². The summed E-state index contributed by atoms with van der Waals surface area (Å²) in [6.45, 7) is 0. The lowest BCUT2D eigenvalue weighted by Crippen LogP contribution is -2.08. The fourth-order valence-electron chi connectivity index (χ4n) is 2.57. The summed E-state index contributed by atoms with van der Waals surface area (Å²) >= 11 is 0. The molecule has 0 radical (unpaired) electrons. The van der Waals surface area contributed by atoms with Gasteiger partial charge in [-0.05, 0) is 36.4 Å². The van der Waals surface area contributed by atoms with Gasteiger partial charge in [0.1, 0.15) is 17.4 Å². The molecule has 138 valence electrons. The van der Waals surface area contributed by atoms with Crippen molar-refractivity contribution in [1.82, 2.24) is 0 Å². The second-order valence-electron chi connectivity index (χ2n) is 5.76. The quantitative estimate of drug-likeness (QED) is 0.637. The van der Waals surface area contributed by atoms with E-state index >= 15 is 0 Å². The average molecular weight is 390 g/mol. The first-order valence-electron chi connectivity index (χ1n) is 7.60. The smallest absolute Gasteiger partial charge is 0.194 e. The van der Waals surface area contributed by atoms with E-state index in [9.17, 15) is 26.8 Å². The summed E-state index contributed by atoms with van der Waals surface area (Å²) in [5.41, 5.74) is -0.854. The molecular weight excluding hydrogens is 378 g/mol. The molecule has 0 N–H and O–H groups in total. The summed E-state index contributed by atoms with van der Waals surface area (Å²) < 4.78 is 56.1. The zero-order valence-electron chi connectivity index (χ0n) is 13.9. The number of benzene rings is 2. The Morgan fingerprint density at radius 1 is 1.00 bits per heavy atom. The maximum absolute atomic E-state index is 14.2. The lowest BCUT2D eigenvalue weighted by molar-refractivity contribution is 0.109. The van der Waals surface area contributed by atoms with Gasteiger partial charge >= 0.3 is 0 Å². The summed E-state index contributed by atoms with van der Waals surface area (Å²) in [5, 5.41) is 0. The second kappa shape index (κ2) is 6.88. The number of hydrogen-bond acceptors (Lipinski definition) is 5. The molecule has 5 nitrogen and oxygen atoms in total. The molecule has 0 saturated carbocycles. The Morgan fingerprint density at radius 3 is 2.22 bits per heavy atom. The topological polar surface area (TPSA) is 81.4 Å². The van der Waals surface area contributed by atoms with Crippen molar-refractivity contribution < 1.29 is 26.4 Å². The van der Waals surface area contributed by atoms with Crippen molar-refractivity contribution in [3.05, 3.63) is 76.1 Å². The first-order chi connectivity index (χ1) is 12.7. The van der Waals surface area contributed by atoms with E-state index in [1.54, 1.807) is 0 Å². The maximum atomic E-state index is 14.2. The lowest BCUT2D eigenvalue weighted by atomic mass is 9.99. The van der Waals surface area contributed by atoms with E-state index in [-0.39, 0.29) is 33.1 Å². The van der Waals surface area contributed by atoms with Crippen LogP contribution >= 0.6 is 0 Å². The van der Waals surface area contributed by atoms with Gasteiger partial charge in [-0.2, -0.15) is 0 Å². The third-order valence-electron chi connectivity index (χ3n) is 3.83. The lowest BCUT2D eigenvalue weighted by Gasteiger charge is -2.10. The van der Waals surface area contributed by atoms with Gasteiger partial charge < -0.3 is 4.42 Å². The number of aldehydes is 1. The summed E-state index contributed by atoms with van der Waals surface area (Å²) in [5.74, 6) is -2.21. The molecule has 3 aromatic rings. The van der Waals surface area contributed by atoms with Gasteiger partial charge in [0.05, 0.1) is 10.5 Å². The summed E-state index contributed by atoms with van der Waals surface area (Å²) in [6, 6.07) is 8.93. The highest BCUT2D eigenvalue weighted by Crippen LogP contribution is 2.32. The van der Waals surface area contributed by atoms with E-state index in [1.165, 1.54) is 24.3 Å². The van der Waals surface area contributed by atoms with E-state index in [1.807, 2.05) is 0 Å². The van der Waals surface area contributed by atoms with Crippen LogP contribution in [0.4, 0.5) is 8.78 Å². The van der Waals surface area contributed by atoms with E-state index < -0.39 is 26.9 Å². The Balaban J connectivity index is 2.30. The predicted molar refractivity (Wildman–Crippen MR) is 94.3 cm³/mol. The molecule has 0 spiro atoms. The summed E-state index contributed by atoms with van der Waals surface area (Å²) in [7, 11) is -3.45. The largest absolute Gasteiger partial charge is 0.452 e. The highest BCUT2D eigenvalue weighted by Gasteiger charge is 2.20. The van der Waals surface area contributed by atoms with Gasteiger partial charge in [-0.3, -0.25) is 9.59 Å². The van der Waals surface area contributed by atoms with Gasteiger partial charge in [-0.25, -0.2) is 17.2 Å². The Bertz CT molecular complexity index is 1200. The molecule has 0 aliphatic rings. The SMILES string of the molecule is CS(=O)(=O)c1ccc(-c2oc(C=O)cc(=O)c2-c2ccc(F)cc2F)cc1. The average Bonchev–Trinajstić information content (AvgIpc) is 2.61. The minimum atomic E-state index is -3.45. The number of halogens is 2. The zero-order chi connectivity index (χ0) is 19.8. The molecule has 1 heterocycles. The van der Waals surface area contributed by atoms with Crippen LogP contribution < -0.4 is 5.43 Å². The maximum Gasteiger partial charge on any atom is 0.194 e. The Morgan fingerprint density at radius 2 is 1.67 bits per heavy atom. The number of carbonyl (C=O) groups excluding carboxylic acids is 1. The molecular formula is C19H12F2O5S. The molecule has 0 fully saturated rings. The molecule has 0 aliphatic carbocycles. The molecule has 0 bridgehead atoms. The van der Waals surface area contributed by atoms with Crippen LogP contribution in [-0.2, 0) is 9.84 Å². The van der Waals surface area contributed by atoms with E-state index in [4.69, 9.17) is 4.42 Å². The highest BCUT2D eigenvalue weighted by atomic mass is 32.2. The van der Waals surface area contributed by atoms with Crippen LogP contribution in [-0.4, -0.2) is 21.0 Å². The van der Waals surface area contributed by atoms with Crippen molar-refractivity contribution in [2.75, 3.05) is 6.26 Å². The Labute approximate surface area is 152 Å². The molecule has 8 heteroatoms. The minimum absolute atomic E-state index is 0.0367. The number of hydrogen-bond donors (Lipinski definition) is 0. The van der Waals surface area contributed by atoms with E-state index in [2.05, 4.69) is 0 Å².